The van der Waals surface area contributed by atoms with E-state index in [2.05, 4.69) is 11.9 Å². The van der Waals surface area contributed by atoms with Crippen molar-refractivity contribution in [3.05, 3.63) is 18.3 Å². The van der Waals surface area contributed by atoms with Crippen molar-refractivity contribution >= 4 is 15.8 Å². The predicted octanol–water partition coefficient (Wildman–Crippen LogP) is 1.08. The number of nitrogens with zero attached hydrogens (tertiary/aromatic N) is 2. The first-order valence-corrected chi connectivity index (χ1v) is 7.16. The second-order valence-electron chi connectivity index (χ2n) is 4.50. The quantitative estimate of drug-likeness (QED) is 0.858. The van der Waals surface area contributed by atoms with Gasteiger partial charge in [0.2, 0.25) is 10.0 Å². The molecule has 1 unspecified atom stereocenters. The molecule has 0 aromatic carbocycles. The maximum atomic E-state index is 12.4. The average Bonchev–Trinajstić information content (AvgIpc) is 2.29. The molecule has 1 aliphatic heterocycles. The van der Waals surface area contributed by atoms with Crippen LogP contribution in [0.5, 0.6) is 0 Å². The van der Waals surface area contributed by atoms with Gasteiger partial charge in [-0.1, -0.05) is 6.92 Å². The standard InChI is InChI=1S/C11H17N3O2S/c1-9-4-3-7-14(8-9)17(15,16)10-5-2-6-13-11(10)12/h2,5-6,9H,3-4,7-8H2,1H3,(H2,12,13). The summed E-state index contributed by atoms with van der Waals surface area (Å²) >= 11 is 0. The van der Waals surface area contributed by atoms with Crippen LogP contribution in [0.2, 0.25) is 0 Å². The first-order chi connectivity index (χ1) is 8.01. The number of hydrogen-bond donors (Lipinski definition) is 1. The Bertz CT molecular complexity index is 501. The van der Waals surface area contributed by atoms with Crippen LogP contribution in [-0.4, -0.2) is 30.8 Å². The predicted molar refractivity (Wildman–Crippen MR) is 65.8 cm³/mol. The smallest absolute Gasteiger partial charge is 0.246 e. The molecule has 17 heavy (non-hydrogen) atoms. The highest BCUT2D eigenvalue weighted by Crippen LogP contribution is 2.25. The Kier molecular flexibility index (Phi) is 3.35. The summed E-state index contributed by atoms with van der Waals surface area (Å²) in [6, 6.07) is 3.10. The Morgan fingerprint density at radius 2 is 2.29 bits per heavy atom. The van der Waals surface area contributed by atoms with Crippen LogP contribution in [0, 0.1) is 5.92 Å². The molecule has 1 fully saturated rings. The minimum Gasteiger partial charge on any atom is -0.383 e. The van der Waals surface area contributed by atoms with E-state index < -0.39 is 10.0 Å². The third-order valence-corrected chi connectivity index (χ3v) is 4.95. The Hall–Kier alpha value is -1.14. The van der Waals surface area contributed by atoms with E-state index in [-0.39, 0.29) is 10.7 Å². The highest BCUT2D eigenvalue weighted by molar-refractivity contribution is 7.89. The third-order valence-electron chi connectivity index (χ3n) is 3.04. The molecule has 94 valence electrons. The van der Waals surface area contributed by atoms with Crippen molar-refractivity contribution in [2.45, 2.75) is 24.7 Å². The summed E-state index contributed by atoms with van der Waals surface area (Å²) in [6.45, 7) is 3.20. The Balaban J connectivity index is 2.33. The fourth-order valence-corrected chi connectivity index (χ4v) is 3.79. The first-order valence-electron chi connectivity index (χ1n) is 5.72. The largest absolute Gasteiger partial charge is 0.383 e. The van der Waals surface area contributed by atoms with Crippen molar-refractivity contribution in [1.29, 1.82) is 0 Å². The molecule has 5 nitrogen and oxygen atoms in total. The van der Waals surface area contributed by atoms with E-state index in [0.29, 0.717) is 19.0 Å². The maximum Gasteiger partial charge on any atom is 0.246 e. The molecule has 0 amide bonds. The van der Waals surface area contributed by atoms with E-state index in [1.54, 1.807) is 6.07 Å². The van der Waals surface area contributed by atoms with Gasteiger partial charge in [0.25, 0.3) is 0 Å². The molecule has 2 N–H and O–H groups in total. The van der Waals surface area contributed by atoms with Gasteiger partial charge in [0.15, 0.2) is 0 Å². The third kappa shape index (κ3) is 2.42. The van der Waals surface area contributed by atoms with E-state index in [1.165, 1.54) is 16.6 Å². The zero-order chi connectivity index (χ0) is 12.5. The van der Waals surface area contributed by atoms with Crippen LogP contribution in [-0.2, 0) is 10.0 Å². The summed E-state index contributed by atoms with van der Waals surface area (Å²) in [7, 11) is -3.48. The van der Waals surface area contributed by atoms with Crippen LogP contribution in [0.25, 0.3) is 0 Å². The number of sulfonamides is 1. The van der Waals surface area contributed by atoms with Crippen LogP contribution >= 0.6 is 0 Å². The molecule has 0 saturated carbocycles. The van der Waals surface area contributed by atoms with Crippen LogP contribution in [0.1, 0.15) is 19.8 Å². The number of anilines is 1. The lowest BCUT2D eigenvalue weighted by Crippen LogP contribution is -2.39. The molecule has 0 aliphatic carbocycles. The van der Waals surface area contributed by atoms with Crippen molar-refractivity contribution in [2.75, 3.05) is 18.8 Å². The number of aromatic nitrogens is 1. The molecule has 1 aromatic heterocycles. The SMILES string of the molecule is CC1CCCN(S(=O)(=O)c2cccnc2N)C1. The monoisotopic (exact) mass is 255 g/mol. The van der Waals surface area contributed by atoms with Crippen molar-refractivity contribution in [1.82, 2.24) is 9.29 Å². The van der Waals surface area contributed by atoms with E-state index in [4.69, 9.17) is 5.73 Å². The number of rotatable bonds is 2. The molecule has 1 aromatic rings. The summed E-state index contributed by atoms with van der Waals surface area (Å²) in [4.78, 5) is 3.95. The molecule has 0 spiro atoms. The van der Waals surface area contributed by atoms with E-state index >= 15 is 0 Å². The Morgan fingerprint density at radius 3 is 2.94 bits per heavy atom. The number of hydrogen-bond acceptors (Lipinski definition) is 4. The Morgan fingerprint density at radius 1 is 1.53 bits per heavy atom. The molecule has 1 aliphatic rings. The van der Waals surface area contributed by atoms with Gasteiger partial charge in [0.05, 0.1) is 0 Å². The molecule has 0 bridgehead atoms. The van der Waals surface area contributed by atoms with Crippen molar-refractivity contribution in [3.63, 3.8) is 0 Å². The first kappa shape index (κ1) is 12.3. The number of nitrogens with two attached hydrogens (primary N) is 1. The number of pyridine rings is 1. The number of nitrogen functional groups attached to an aromatic ring is 1. The van der Waals surface area contributed by atoms with Gasteiger partial charge >= 0.3 is 0 Å². The maximum absolute atomic E-state index is 12.4. The summed E-state index contributed by atoms with van der Waals surface area (Å²) in [5.74, 6) is 0.474. The molecule has 2 rings (SSSR count). The van der Waals surface area contributed by atoms with Gasteiger partial charge in [-0.05, 0) is 30.9 Å². The van der Waals surface area contributed by atoms with Gasteiger partial charge in [-0.25, -0.2) is 13.4 Å². The highest BCUT2D eigenvalue weighted by Gasteiger charge is 2.30. The van der Waals surface area contributed by atoms with Crippen LogP contribution in [0.4, 0.5) is 5.82 Å². The molecule has 1 atom stereocenters. The molecule has 1 saturated heterocycles. The van der Waals surface area contributed by atoms with Crippen molar-refractivity contribution in [3.8, 4) is 0 Å². The summed E-state index contributed by atoms with van der Waals surface area (Å²) < 4.78 is 26.2. The van der Waals surface area contributed by atoms with E-state index in [9.17, 15) is 8.42 Å². The highest BCUT2D eigenvalue weighted by atomic mass is 32.2. The molecule has 0 radical (unpaired) electrons. The lowest BCUT2D eigenvalue weighted by molar-refractivity contribution is 0.281. The van der Waals surface area contributed by atoms with Gasteiger partial charge in [0, 0.05) is 19.3 Å². The minimum atomic E-state index is -3.48. The van der Waals surface area contributed by atoms with Crippen LogP contribution in [0.15, 0.2) is 23.2 Å². The summed E-state index contributed by atoms with van der Waals surface area (Å²) in [5, 5.41) is 0. The van der Waals surface area contributed by atoms with Gasteiger partial charge < -0.3 is 5.73 Å². The lowest BCUT2D eigenvalue weighted by Gasteiger charge is -2.30. The van der Waals surface area contributed by atoms with Crippen molar-refractivity contribution < 1.29 is 8.42 Å². The second kappa shape index (κ2) is 4.62. The van der Waals surface area contributed by atoms with Crippen LogP contribution in [0.3, 0.4) is 0 Å². The number of piperidine rings is 1. The topological polar surface area (TPSA) is 76.3 Å². The Labute approximate surface area is 102 Å². The molecule has 6 heteroatoms. The summed E-state index contributed by atoms with van der Waals surface area (Å²) in [5.41, 5.74) is 5.63. The summed E-state index contributed by atoms with van der Waals surface area (Å²) in [6.07, 6.45) is 3.47. The van der Waals surface area contributed by atoms with Crippen molar-refractivity contribution in [2.24, 2.45) is 5.92 Å². The molecule has 2 heterocycles. The lowest BCUT2D eigenvalue weighted by atomic mass is 10.0. The van der Waals surface area contributed by atoms with E-state index in [0.717, 1.165) is 12.8 Å². The average molecular weight is 255 g/mol. The van der Waals surface area contributed by atoms with E-state index in [1.807, 2.05) is 0 Å². The van der Waals surface area contributed by atoms with Gasteiger partial charge in [0.1, 0.15) is 10.7 Å². The normalized spacial score (nSPS) is 22.5. The van der Waals surface area contributed by atoms with Gasteiger partial charge in [-0.2, -0.15) is 4.31 Å². The molecular weight excluding hydrogens is 238 g/mol. The van der Waals surface area contributed by atoms with Crippen LogP contribution < -0.4 is 5.73 Å². The zero-order valence-corrected chi connectivity index (χ0v) is 10.7. The fourth-order valence-electron chi connectivity index (χ4n) is 2.12. The van der Waals surface area contributed by atoms with Gasteiger partial charge in [-0.15, -0.1) is 0 Å². The minimum absolute atomic E-state index is 0.0747. The second-order valence-corrected chi connectivity index (χ2v) is 6.40. The molecular formula is C11H17N3O2S. The zero-order valence-electron chi connectivity index (χ0n) is 9.83. The fraction of sp³-hybridized carbons (Fsp3) is 0.545. The van der Waals surface area contributed by atoms with Gasteiger partial charge in [-0.3, -0.25) is 0 Å².